The number of carboxylic acid groups (broad SMARTS) is 1. The van der Waals surface area contributed by atoms with Gasteiger partial charge in [-0.2, -0.15) is 4.98 Å². The first-order chi connectivity index (χ1) is 21.2. The van der Waals surface area contributed by atoms with Crippen LogP contribution in [0, 0.1) is 11.6 Å². The van der Waals surface area contributed by atoms with Gasteiger partial charge in [0.15, 0.2) is 17.4 Å². The molecule has 1 saturated carbocycles. The maximum Gasteiger partial charge on any atom is 0.335 e. The van der Waals surface area contributed by atoms with Gasteiger partial charge in [0.05, 0.1) is 41.9 Å². The Bertz CT molecular complexity index is 1640. The summed E-state index contributed by atoms with van der Waals surface area (Å²) in [6, 6.07) is 10.0. The zero-order valence-corrected chi connectivity index (χ0v) is 24.7. The van der Waals surface area contributed by atoms with E-state index in [0.29, 0.717) is 30.9 Å². The molecule has 1 aliphatic carbocycles. The highest BCUT2D eigenvalue weighted by Crippen LogP contribution is 2.28. The van der Waals surface area contributed by atoms with Gasteiger partial charge in [0, 0.05) is 30.9 Å². The highest BCUT2D eigenvalue weighted by Gasteiger charge is 2.30. The number of carbonyl (C=O) groups is 1. The summed E-state index contributed by atoms with van der Waals surface area (Å²) < 4.78 is 46.9. The number of rotatable bonds is 12. The van der Waals surface area contributed by atoms with E-state index in [4.69, 9.17) is 19.2 Å². The van der Waals surface area contributed by atoms with Gasteiger partial charge in [-0.1, -0.05) is 0 Å². The number of aromatic carboxylic acids is 1. The van der Waals surface area contributed by atoms with Crippen molar-refractivity contribution in [2.75, 3.05) is 6.54 Å². The fraction of sp³-hybridized carbons (Fsp3) is 0.438. The smallest absolute Gasteiger partial charge is 0.335 e. The van der Waals surface area contributed by atoms with Crippen LogP contribution in [0.3, 0.4) is 0 Å². The fourth-order valence-electron chi connectivity index (χ4n) is 5.58. The molecule has 0 bridgehead atoms. The van der Waals surface area contributed by atoms with Crippen LogP contribution in [-0.4, -0.2) is 66.4 Å². The number of ether oxygens (including phenoxy) is 3. The number of carboxylic acids is 1. The van der Waals surface area contributed by atoms with Gasteiger partial charge >= 0.3 is 5.97 Å². The Morgan fingerprint density at radius 3 is 2.68 bits per heavy atom. The predicted molar refractivity (Wildman–Crippen MR) is 157 cm³/mol. The third-order valence-electron chi connectivity index (χ3n) is 7.99. The number of imidazole rings is 1. The Morgan fingerprint density at radius 1 is 1.09 bits per heavy atom. The predicted octanol–water partition coefficient (Wildman–Crippen LogP) is 5.38. The second kappa shape index (κ2) is 12.8. The number of piperidine rings is 1. The number of benzene rings is 2. The molecule has 1 aliphatic heterocycles. The van der Waals surface area contributed by atoms with E-state index in [1.54, 1.807) is 30.5 Å². The Kier molecular flexibility index (Phi) is 8.72. The monoisotopic (exact) mass is 607 g/mol. The van der Waals surface area contributed by atoms with Crippen molar-refractivity contribution in [1.82, 2.24) is 24.4 Å². The highest BCUT2D eigenvalue weighted by molar-refractivity contribution is 5.92. The van der Waals surface area contributed by atoms with Crippen LogP contribution in [0.1, 0.15) is 61.5 Å². The van der Waals surface area contributed by atoms with E-state index in [9.17, 15) is 18.7 Å². The molecule has 2 aromatic heterocycles. The van der Waals surface area contributed by atoms with Crippen LogP contribution in [0.2, 0.25) is 0 Å². The summed E-state index contributed by atoms with van der Waals surface area (Å²) in [5.74, 6) is -0.917. The fourth-order valence-corrected chi connectivity index (χ4v) is 5.58. The molecule has 3 heterocycles. The molecule has 6 rings (SSSR count). The van der Waals surface area contributed by atoms with Crippen LogP contribution in [0.5, 0.6) is 11.6 Å². The number of fused-ring (bicyclic) bond motifs is 1. The first kappa shape index (κ1) is 29.9. The van der Waals surface area contributed by atoms with Crippen LogP contribution in [0.25, 0.3) is 11.0 Å². The topological polar surface area (TPSA) is 112 Å². The molecule has 2 aliphatic rings. The largest absolute Gasteiger partial charge is 0.483 e. The molecule has 3 atom stereocenters. The number of aromatic nitrogens is 4. The van der Waals surface area contributed by atoms with Crippen molar-refractivity contribution in [3.05, 3.63) is 77.5 Å². The number of hydrogen-bond acceptors (Lipinski definition) is 8. The van der Waals surface area contributed by atoms with Crippen molar-refractivity contribution in [3.8, 4) is 11.6 Å². The summed E-state index contributed by atoms with van der Waals surface area (Å²) >= 11 is 0. The number of nitrogens with zero attached hydrogens (tertiary/aromatic N) is 5. The molecule has 4 aromatic rings. The quantitative estimate of drug-likeness (QED) is 0.227. The standard InChI is InChI=1S/C32H35F2N5O5/c1-19-13-24(44-31-9-11-35-29(37-31)18-42-28-8-4-22(33)15-25(28)34)10-12-38(19)17-30-36-26-7-3-21(32(40)41)14-27(26)39(30)16-20(2)43-23-5-6-23/h3-4,7-9,11,14-15,19-20,23-24H,5-6,10,12-13,16-18H2,1-2H3,(H,40,41)/t19-,20+,24-/m0/s1. The summed E-state index contributed by atoms with van der Waals surface area (Å²) in [7, 11) is 0. The summed E-state index contributed by atoms with van der Waals surface area (Å²) in [6.45, 7) is 6.08. The summed E-state index contributed by atoms with van der Waals surface area (Å²) in [5.41, 5.74) is 1.79. The first-order valence-corrected chi connectivity index (χ1v) is 14.9. The van der Waals surface area contributed by atoms with Crippen LogP contribution >= 0.6 is 0 Å². The average Bonchev–Trinajstić information content (AvgIpc) is 3.74. The summed E-state index contributed by atoms with van der Waals surface area (Å²) in [5, 5.41) is 9.57. The van der Waals surface area contributed by atoms with Gasteiger partial charge < -0.3 is 23.9 Å². The van der Waals surface area contributed by atoms with Crippen molar-refractivity contribution < 1.29 is 32.9 Å². The van der Waals surface area contributed by atoms with E-state index in [-0.39, 0.29) is 36.2 Å². The zero-order valence-electron chi connectivity index (χ0n) is 24.7. The maximum atomic E-state index is 13.9. The van der Waals surface area contributed by atoms with Crippen molar-refractivity contribution in [3.63, 3.8) is 0 Å². The summed E-state index contributed by atoms with van der Waals surface area (Å²) in [4.78, 5) is 27.5. The van der Waals surface area contributed by atoms with Crippen molar-refractivity contribution in [2.45, 2.75) is 83.6 Å². The molecule has 1 N–H and O–H groups in total. The lowest BCUT2D eigenvalue weighted by atomic mass is 10.0. The Labute approximate surface area is 253 Å². The van der Waals surface area contributed by atoms with Gasteiger partial charge in [0.25, 0.3) is 0 Å². The molecule has 0 amide bonds. The average molecular weight is 608 g/mol. The molecule has 2 aromatic carbocycles. The van der Waals surface area contributed by atoms with Gasteiger partial charge in [-0.15, -0.1) is 0 Å². The highest BCUT2D eigenvalue weighted by atomic mass is 19.1. The molecule has 1 saturated heterocycles. The molecule has 44 heavy (non-hydrogen) atoms. The second-order valence-electron chi connectivity index (χ2n) is 11.6. The van der Waals surface area contributed by atoms with Gasteiger partial charge in [-0.05, 0) is 69.9 Å². The van der Waals surface area contributed by atoms with Crippen LogP contribution < -0.4 is 9.47 Å². The van der Waals surface area contributed by atoms with Crippen molar-refractivity contribution >= 4 is 17.0 Å². The van der Waals surface area contributed by atoms with Crippen molar-refractivity contribution in [2.24, 2.45) is 0 Å². The zero-order chi connectivity index (χ0) is 30.8. The number of hydrogen-bond donors (Lipinski definition) is 1. The van der Waals surface area contributed by atoms with Crippen molar-refractivity contribution in [1.29, 1.82) is 0 Å². The van der Waals surface area contributed by atoms with Crippen LogP contribution in [-0.2, 0) is 24.4 Å². The van der Waals surface area contributed by atoms with Gasteiger partial charge in [0.2, 0.25) is 5.88 Å². The first-order valence-electron chi connectivity index (χ1n) is 14.9. The van der Waals surface area contributed by atoms with E-state index in [0.717, 1.165) is 61.2 Å². The van der Waals surface area contributed by atoms with E-state index in [1.807, 2.05) is 6.92 Å². The van der Waals surface area contributed by atoms with Crippen LogP contribution in [0.15, 0.2) is 48.7 Å². The van der Waals surface area contributed by atoms with E-state index >= 15 is 0 Å². The maximum absolute atomic E-state index is 13.9. The van der Waals surface area contributed by atoms with Crippen LogP contribution in [0.4, 0.5) is 8.78 Å². The minimum Gasteiger partial charge on any atom is -0.483 e. The third-order valence-corrected chi connectivity index (χ3v) is 7.99. The SMILES string of the molecule is C[C@H](Cn1c(CN2CC[C@H](Oc3ccnc(COc4ccc(F)cc4F)n3)C[C@@H]2C)nc2ccc(C(=O)O)cc21)OC1CC1. The minimum atomic E-state index is -0.968. The molecular formula is C32H35F2N5O5. The Hall–Kier alpha value is -4.16. The molecule has 10 nitrogen and oxygen atoms in total. The molecule has 0 unspecified atom stereocenters. The normalized spacial score (nSPS) is 19.6. The van der Waals surface area contributed by atoms with Gasteiger partial charge in [-0.3, -0.25) is 4.90 Å². The van der Waals surface area contributed by atoms with E-state index < -0.39 is 17.6 Å². The lowest BCUT2D eigenvalue weighted by Crippen LogP contribution is -2.44. The molecule has 0 spiro atoms. The Morgan fingerprint density at radius 2 is 1.93 bits per heavy atom. The third kappa shape index (κ3) is 7.13. The lowest BCUT2D eigenvalue weighted by molar-refractivity contribution is 0.0383. The van der Waals surface area contributed by atoms with E-state index in [2.05, 4.69) is 26.4 Å². The van der Waals surface area contributed by atoms with E-state index in [1.165, 1.54) is 6.07 Å². The number of likely N-dealkylation sites (tertiary alicyclic amines) is 1. The summed E-state index contributed by atoms with van der Waals surface area (Å²) in [6.07, 6.45) is 5.49. The number of halogens is 2. The van der Waals surface area contributed by atoms with Gasteiger partial charge in [0.1, 0.15) is 24.4 Å². The lowest BCUT2D eigenvalue weighted by Gasteiger charge is -2.37. The molecule has 0 radical (unpaired) electrons. The molecular weight excluding hydrogens is 572 g/mol. The van der Waals surface area contributed by atoms with Gasteiger partial charge in [-0.25, -0.2) is 23.5 Å². The molecule has 12 heteroatoms. The Balaban J connectivity index is 1.10. The second-order valence-corrected chi connectivity index (χ2v) is 11.6. The molecule has 2 fully saturated rings. The minimum absolute atomic E-state index is 0.0263. The molecule has 232 valence electrons.